The fraction of sp³-hybridized carbons (Fsp3) is 0.733. The van der Waals surface area contributed by atoms with Gasteiger partial charge in [-0.15, -0.1) is 0 Å². The van der Waals surface area contributed by atoms with E-state index in [0.717, 1.165) is 38.2 Å². The zero-order valence-electron chi connectivity index (χ0n) is 12.6. The Morgan fingerprint density at radius 3 is 2.70 bits per heavy atom. The second-order valence-electron chi connectivity index (χ2n) is 5.49. The van der Waals surface area contributed by atoms with E-state index in [4.69, 9.17) is 0 Å². The highest BCUT2D eigenvalue weighted by Gasteiger charge is 2.14. The zero-order chi connectivity index (χ0) is 14.4. The van der Waals surface area contributed by atoms with Crippen molar-refractivity contribution in [1.29, 1.82) is 0 Å². The van der Waals surface area contributed by atoms with E-state index in [0.29, 0.717) is 12.6 Å². The van der Waals surface area contributed by atoms with Crippen LogP contribution in [0.3, 0.4) is 0 Å². The smallest absolute Gasteiger partial charge is 0.268 e. The maximum Gasteiger partial charge on any atom is 0.268 e. The molecule has 0 radical (unpaired) electrons. The Bertz CT molecular complexity index is 465. The minimum atomic E-state index is 0.00569. The first-order valence-electron chi connectivity index (χ1n) is 7.80. The van der Waals surface area contributed by atoms with Crippen LogP contribution in [0.25, 0.3) is 0 Å². The minimum Gasteiger partial charge on any atom is -0.370 e. The second-order valence-corrected chi connectivity index (χ2v) is 5.49. The number of nitrogens with zero attached hydrogens (tertiary/aromatic N) is 3. The van der Waals surface area contributed by atoms with Gasteiger partial charge in [-0.2, -0.15) is 5.10 Å². The molecule has 1 aromatic heterocycles. The topological polar surface area (TPSA) is 50.2 Å². The summed E-state index contributed by atoms with van der Waals surface area (Å²) in [5.41, 5.74) is 0.976. The largest absolute Gasteiger partial charge is 0.370 e. The van der Waals surface area contributed by atoms with Crippen molar-refractivity contribution in [3.8, 4) is 0 Å². The third-order valence-corrected chi connectivity index (χ3v) is 3.90. The van der Waals surface area contributed by atoms with Gasteiger partial charge < -0.3 is 10.2 Å². The van der Waals surface area contributed by atoms with E-state index in [-0.39, 0.29) is 5.56 Å². The Labute approximate surface area is 121 Å². The van der Waals surface area contributed by atoms with Crippen LogP contribution < -0.4 is 15.8 Å². The Balaban J connectivity index is 2.03. The first-order valence-corrected chi connectivity index (χ1v) is 7.80. The molecule has 1 unspecified atom stereocenters. The summed E-state index contributed by atoms with van der Waals surface area (Å²) in [5, 5.41) is 7.80. The summed E-state index contributed by atoms with van der Waals surface area (Å²) in [7, 11) is 0. The average Bonchev–Trinajstić information content (AvgIpc) is 2.99. The van der Waals surface area contributed by atoms with Gasteiger partial charge in [-0.05, 0) is 32.2 Å². The van der Waals surface area contributed by atoms with Crippen LogP contribution >= 0.6 is 0 Å². The maximum atomic E-state index is 12.2. The monoisotopic (exact) mass is 278 g/mol. The fourth-order valence-corrected chi connectivity index (χ4v) is 2.60. The molecule has 1 atom stereocenters. The number of rotatable bonds is 7. The number of aromatic nitrogens is 2. The zero-order valence-corrected chi connectivity index (χ0v) is 12.6. The number of nitrogens with one attached hydrogen (secondary N) is 1. The predicted octanol–water partition coefficient (Wildman–Crippen LogP) is 1.62. The van der Waals surface area contributed by atoms with Crippen LogP contribution in [0.5, 0.6) is 0 Å². The van der Waals surface area contributed by atoms with Gasteiger partial charge in [-0.3, -0.25) is 4.79 Å². The van der Waals surface area contributed by atoms with Crippen molar-refractivity contribution in [2.45, 2.75) is 52.1 Å². The van der Waals surface area contributed by atoms with Crippen LogP contribution in [-0.4, -0.2) is 35.5 Å². The van der Waals surface area contributed by atoms with Crippen molar-refractivity contribution < 1.29 is 0 Å². The molecule has 0 aromatic carbocycles. The Morgan fingerprint density at radius 1 is 1.35 bits per heavy atom. The van der Waals surface area contributed by atoms with Crippen molar-refractivity contribution >= 4 is 5.69 Å². The second kappa shape index (κ2) is 7.43. The van der Waals surface area contributed by atoms with E-state index < -0.39 is 0 Å². The van der Waals surface area contributed by atoms with Crippen molar-refractivity contribution in [2.24, 2.45) is 0 Å². The third kappa shape index (κ3) is 3.82. The normalized spacial score (nSPS) is 16.6. The van der Waals surface area contributed by atoms with Gasteiger partial charge in [0.15, 0.2) is 0 Å². The van der Waals surface area contributed by atoms with E-state index in [1.54, 1.807) is 10.7 Å². The molecule has 0 aliphatic carbocycles. The summed E-state index contributed by atoms with van der Waals surface area (Å²) in [6, 6.07) is 2.04. The lowest BCUT2D eigenvalue weighted by atomic mass is 10.2. The van der Waals surface area contributed by atoms with Crippen LogP contribution in [0.15, 0.2) is 17.1 Å². The fourth-order valence-electron chi connectivity index (χ4n) is 2.60. The number of anilines is 1. The van der Waals surface area contributed by atoms with Crippen molar-refractivity contribution in [2.75, 3.05) is 24.5 Å². The van der Waals surface area contributed by atoms with Crippen molar-refractivity contribution in [3.63, 3.8) is 0 Å². The summed E-state index contributed by atoms with van der Waals surface area (Å²) < 4.78 is 1.58. The Kier molecular flexibility index (Phi) is 5.59. The summed E-state index contributed by atoms with van der Waals surface area (Å²) in [4.78, 5) is 14.4. The van der Waals surface area contributed by atoms with Crippen LogP contribution in [0.2, 0.25) is 0 Å². The molecule has 2 rings (SSSR count). The van der Waals surface area contributed by atoms with Crippen LogP contribution in [0, 0.1) is 0 Å². The highest BCUT2D eigenvalue weighted by molar-refractivity contribution is 5.43. The molecular formula is C15H26N4O. The van der Waals surface area contributed by atoms with E-state index in [1.807, 2.05) is 6.20 Å². The summed E-state index contributed by atoms with van der Waals surface area (Å²) in [6.07, 6.45) is 6.36. The molecule has 0 amide bonds. The van der Waals surface area contributed by atoms with Gasteiger partial charge in [-0.25, -0.2) is 4.68 Å². The maximum absolute atomic E-state index is 12.2. The van der Waals surface area contributed by atoms with Crippen LogP contribution in [0.1, 0.15) is 39.5 Å². The molecule has 1 saturated heterocycles. The van der Waals surface area contributed by atoms with Crippen LogP contribution in [0.4, 0.5) is 5.69 Å². The molecule has 5 nitrogen and oxygen atoms in total. The molecule has 0 bridgehead atoms. The van der Waals surface area contributed by atoms with Crippen molar-refractivity contribution in [1.82, 2.24) is 15.1 Å². The van der Waals surface area contributed by atoms with Crippen molar-refractivity contribution in [3.05, 3.63) is 22.6 Å². The molecule has 112 valence electrons. The highest BCUT2D eigenvalue weighted by Crippen LogP contribution is 2.16. The lowest BCUT2D eigenvalue weighted by Crippen LogP contribution is -2.37. The Hall–Kier alpha value is -1.36. The van der Waals surface area contributed by atoms with Gasteiger partial charge in [0.25, 0.3) is 5.56 Å². The average molecular weight is 278 g/mol. The summed E-state index contributed by atoms with van der Waals surface area (Å²) >= 11 is 0. The number of hydrogen-bond acceptors (Lipinski definition) is 4. The van der Waals surface area contributed by atoms with Gasteiger partial charge in [0.05, 0.1) is 18.4 Å². The lowest BCUT2D eigenvalue weighted by molar-refractivity contribution is 0.406. The molecule has 5 heteroatoms. The molecular weight excluding hydrogens is 252 g/mol. The molecule has 1 fully saturated rings. The third-order valence-electron chi connectivity index (χ3n) is 3.90. The standard InChI is InChI=1S/C15H26N4O/c1-3-7-16-13(4-2)12-19-15(20)10-14(11-17-19)18-8-5-6-9-18/h10-11,13,16H,3-9,12H2,1-2H3. The molecule has 0 saturated carbocycles. The highest BCUT2D eigenvalue weighted by atomic mass is 16.1. The number of hydrogen-bond donors (Lipinski definition) is 1. The van der Waals surface area contributed by atoms with E-state index in [1.165, 1.54) is 12.8 Å². The summed E-state index contributed by atoms with van der Waals surface area (Å²) in [6.45, 7) is 8.00. The molecule has 1 N–H and O–H groups in total. The Morgan fingerprint density at radius 2 is 2.10 bits per heavy atom. The van der Waals surface area contributed by atoms with E-state index >= 15 is 0 Å². The molecule has 1 aliphatic rings. The van der Waals surface area contributed by atoms with Gasteiger partial charge >= 0.3 is 0 Å². The van der Waals surface area contributed by atoms with E-state index in [9.17, 15) is 4.79 Å². The SMILES string of the molecule is CCCNC(CC)Cn1ncc(N2CCCC2)cc1=O. The molecule has 0 spiro atoms. The van der Waals surface area contributed by atoms with E-state index in [2.05, 4.69) is 29.2 Å². The van der Waals surface area contributed by atoms with Gasteiger partial charge in [0, 0.05) is 25.2 Å². The van der Waals surface area contributed by atoms with Gasteiger partial charge in [0.2, 0.25) is 0 Å². The quantitative estimate of drug-likeness (QED) is 0.823. The lowest BCUT2D eigenvalue weighted by Gasteiger charge is -2.19. The first kappa shape index (κ1) is 15.0. The minimum absolute atomic E-state index is 0.00569. The summed E-state index contributed by atoms with van der Waals surface area (Å²) in [5.74, 6) is 0. The predicted molar refractivity (Wildman–Crippen MR) is 82.3 cm³/mol. The molecule has 1 aliphatic heterocycles. The van der Waals surface area contributed by atoms with Crippen LogP contribution in [-0.2, 0) is 6.54 Å². The molecule has 2 heterocycles. The molecule has 1 aromatic rings. The molecule has 20 heavy (non-hydrogen) atoms. The van der Waals surface area contributed by atoms with Gasteiger partial charge in [-0.1, -0.05) is 13.8 Å². The van der Waals surface area contributed by atoms with Gasteiger partial charge in [0.1, 0.15) is 0 Å². The first-order chi connectivity index (χ1) is 9.74.